The number of nitrogens with one attached hydrogen (secondary N) is 1. The number of likely N-dealkylation sites (N-methyl/N-ethyl adjacent to an activating group) is 1. The molecule has 0 aliphatic carbocycles. The summed E-state index contributed by atoms with van der Waals surface area (Å²) in [5.74, 6) is -1.86. The lowest BCUT2D eigenvalue weighted by atomic mass is 9.86. The van der Waals surface area contributed by atoms with Crippen LogP contribution >= 0.6 is 0 Å². The van der Waals surface area contributed by atoms with Gasteiger partial charge in [-0.3, -0.25) is 4.79 Å². The van der Waals surface area contributed by atoms with Crippen molar-refractivity contribution in [2.45, 2.75) is 5.92 Å². The second-order valence-corrected chi connectivity index (χ2v) is 3.94. The maximum atomic E-state index is 11.1. The van der Waals surface area contributed by atoms with Gasteiger partial charge in [-0.15, -0.1) is 0 Å². The van der Waals surface area contributed by atoms with Gasteiger partial charge in [0.1, 0.15) is 18.0 Å². The Kier molecular flexibility index (Phi) is 5.32. The molecule has 0 aromatic heterocycles. The molecule has 1 aromatic rings. The molecule has 0 fully saturated rings. The molecular weight excluding hydrogens is 234 g/mol. The summed E-state index contributed by atoms with van der Waals surface area (Å²) in [7, 11) is 3.28. The zero-order valence-electron chi connectivity index (χ0n) is 10.4. The lowest BCUT2D eigenvalue weighted by Gasteiger charge is -2.20. The molecule has 0 saturated heterocycles. The second kappa shape index (κ2) is 6.76. The van der Waals surface area contributed by atoms with Crippen LogP contribution in [0.2, 0.25) is 0 Å². The van der Waals surface area contributed by atoms with Gasteiger partial charge in [0.15, 0.2) is 0 Å². The molecule has 0 heterocycles. The van der Waals surface area contributed by atoms with Crippen molar-refractivity contribution >= 4 is 12.3 Å². The Morgan fingerprint density at radius 2 is 2.06 bits per heavy atom. The highest BCUT2D eigenvalue weighted by Gasteiger charge is 2.28. The van der Waals surface area contributed by atoms with Crippen LogP contribution in [0.4, 0.5) is 0 Å². The van der Waals surface area contributed by atoms with Crippen LogP contribution in [0.15, 0.2) is 24.3 Å². The van der Waals surface area contributed by atoms with Crippen LogP contribution in [0.25, 0.3) is 0 Å². The molecule has 0 aliphatic rings. The maximum absolute atomic E-state index is 11.1. The minimum absolute atomic E-state index is 0.393. The number of ether oxygens (including phenoxy) is 1. The van der Waals surface area contributed by atoms with Crippen LogP contribution in [0.1, 0.15) is 11.5 Å². The highest BCUT2D eigenvalue weighted by Crippen LogP contribution is 2.25. The summed E-state index contributed by atoms with van der Waals surface area (Å²) in [6.45, 7) is 0.419. The summed E-state index contributed by atoms with van der Waals surface area (Å²) in [5.41, 5.74) is 0.796. The van der Waals surface area contributed by atoms with Crippen molar-refractivity contribution in [3.05, 3.63) is 29.8 Å². The number of carbonyl (C=O) groups excluding carboxylic acids is 1. The minimum atomic E-state index is -1.11. The molecule has 1 aromatic carbocycles. The van der Waals surface area contributed by atoms with E-state index in [1.807, 2.05) is 0 Å². The van der Waals surface area contributed by atoms with E-state index in [0.717, 1.165) is 5.56 Å². The number of carboxylic acids is 1. The quantitative estimate of drug-likeness (QED) is 0.556. The predicted octanol–water partition coefficient (Wildman–Crippen LogP) is 0.898. The fraction of sp³-hybridized carbons (Fsp3) is 0.385. The molecule has 1 rings (SSSR count). The Labute approximate surface area is 106 Å². The molecule has 0 spiro atoms. The monoisotopic (exact) mass is 251 g/mol. The van der Waals surface area contributed by atoms with Crippen molar-refractivity contribution < 1.29 is 19.4 Å². The van der Waals surface area contributed by atoms with Crippen molar-refractivity contribution in [1.82, 2.24) is 5.32 Å². The second-order valence-electron chi connectivity index (χ2n) is 3.94. The van der Waals surface area contributed by atoms with E-state index in [1.54, 1.807) is 38.4 Å². The molecule has 18 heavy (non-hydrogen) atoms. The van der Waals surface area contributed by atoms with Gasteiger partial charge in [-0.1, -0.05) is 12.1 Å². The zero-order chi connectivity index (χ0) is 13.5. The summed E-state index contributed by atoms with van der Waals surface area (Å²) in [6, 6.07) is 7.06. The molecule has 0 amide bonds. The first-order valence-electron chi connectivity index (χ1n) is 5.60. The Hall–Kier alpha value is -1.88. The topological polar surface area (TPSA) is 75.6 Å². The lowest BCUT2D eigenvalue weighted by molar-refractivity contribution is -0.144. The Bertz CT molecular complexity index is 402. The highest BCUT2D eigenvalue weighted by molar-refractivity contribution is 5.87. The normalized spacial score (nSPS) is 13.7. The molecule has 0 bridgehead atoms. The van der Waals surface area contributed by atoms with E-state index in [1.165, 1.54) is 0 Å². The number of rotatable bonds is 7. The van der Waals surface area contributed by atoms with Gasteiger partial charge in [0, 0.05) is 12.5 Å². The van der Waals surface area contributed by atoms with Crippen LogP contribution in [-0.2, 0) is 9.59 Å². The number of hydrogen-bond donors (Lipinski definition) is 2. The fourth-order valence-corrected chi connectivity index (χ4v) is 1.85. The van der Waals surface area contributed by atoms with Crippen LogP contribution in [0, 0.1) is 5.92 Å². The van der Waals surface area contributed by atoms with Gasteiger partial charge in [0.25, 0.3) is 0 Å². The number of carbonyl (C=O) groups is 2. The number of hydrogen-bond acceptors (Lipinski definition) is 4. The SMILES string of the molecule is CNC[C@H](c1ccc(OC)cc1)C(C=O)C(=O)O. The molecule has 98 valence electrons. The average molecular weight is 251 g/mol. The Morgan fingerprint density at radius 1 is 1.44 bits per heavy atom. The van der Waals surface area contributed by atoms with Crippen molar-refractivity contribution in [2.75, 3.05) is 20.7 Å². The van der Waals surface area contributed by atoms with Crippen molar-refractivity contribution in [2.24, 2.45) is 5.92 Å². The third-order valence-electron chi connectivity index (χ3n) is 2.83. The third kappa shape index (κ3) is 3.30. The van der Waals surface area contributed by atoms with Gasteiger partial charge in [-0.2, -0.15) is 0 Å². The number of carboxylic acid groups (broad SMARTS) is 1. The van der Waals surface area contributed by atoms with Gasteiger partial charge in [-0.25, -0.2) is 0 Å². The van der Waals surface area contributed by atoms with E-state index in [2.05, 4.69) is 5.32 Å². The molecule has 5 nitrogen and oxygen atoms in total. The molecule has 0 aliphatic heterocycles. The van der Waals surface area contributed by atoms with Crippen molar-refractivity contribution in [3.63, 3.8) is 0 Å². The summed E-state index contributed by atoms with van der Waals surface area (Å²) >= 11 is 0. The summed E-state index contributed by atoms with van der Waals surface area (Å²) in [4.78, 5) is 22.0. The van der Waals surface area contributed by atoms with Gasteiger partial charge in [0.05, 0.1) is 7.11 Å². The maximum Gasteiger partial charge on any atom is 0.314 e. The van der Waals surface area contributed by atoms with E-state index in [-0.39, 0.29) is 0 Å². The fourth-order valence-electron chi connectivity index (χ4n) is 1.85. The lowest BCUT2D eigenvalue weighted by Crippen LogP contribution is -2.30. The van der Waals surface area contributed by atoms with Crippen LogP contribution in [0.5, 0.6) is 5.75 Å². The molecule has 2 atom stereocenters. The van der Waals surface area contributed by atoms with Crippen LogP contribution in [-0.4, -0.2) is 38.1 Å². The molecule has 2 N–H and O–H groups in total. The highest BCUT2D eigenvalue weighted by atomic mass is 16.5. The van der Waals surface area contributed by atoms with Gasteiger partial charge >= 0.3 is 5.97 Å². The van der Waals surface area contributed by atoms with E-state index in [4.69, 9.17) is 9.84 Å². The predicted molar refractivity (Wildman–Crippen MR) is 66.9 cm³/mol. The zero-order valence-corrected chi connectivity index (χ0v) is 10.4. The summed E-state index contributed by atoms with van der Waals surface area (Å²) < 4.78 is 5.04. The van der Waals surface area contributed by atoms with E-state index in [9.17, 15) is 9.59 Å². The van der Waals surface area contributed by atoms with E-state index >= 15 is 0 Å². The molecule has 0 radical (unpaired) electrons. The van der Waals surface area contributed by atoms with Crippen molar-refractivity contribution in [1.29, 1.82) is 0 Å². The van der Waals surface area contributed by atoms with E-state index in [0.29, 0.717) is 18.6 Å². The average Bonchev–Trinajstić information content (AvgIpc) is 2.38. The molecular formula is C13H17NO4. The molecule has 1 unspecified atom stereocenters. The number of benzene rings is 1. The first-order valence-corrected chi connectivity index (χ1v) is 5.60. The first kappa shape index (κ1) is 14.2. The van der Waals surface area contributed by atoms with E-state index < -0.39 is 17.8 Å². The summed E-state index contributed by atoms with van der Waals surface area (Å²) in [5, 5.41) is 12.0. The van der Waals surface area contributed by atoms with Gasteiger partial charge < -0.3 is 20.0 Å². The van der Waals surface area contributed by atoms with Crippen LogP contribution < -0.4 is 10.1 Å². The first-order chi connectivity index (χ1) is 8.63. The number of aliphatic carboxylic acids is 1. The van der Waals surface area contributed by atoms with Gasteiger partial charge in [0.2, 0.25) is 0 Å². The number of aldehydes is 1. The van der Waals surface area contributed by atoms with Crippen molar-refractivity contribution in [3.8, 4) is 5.75 Å². The standard InChI is InChI=1S/C13H17NO4/c1-14-7-11(12(8-15)13(16)17)9-3-5-10(18-2)6-4-9/h3-6,8,11-12,14H,7H2,1-2H3,(H,16,17)/t11-,12?/m1/s1. The smallest absolute Gasteiger partial charge is 0.314 e. The Morgan fingerprint density at radius 3 is 2.44 bits per heavy atom. The molecule has 5 heteroatoms. The third-order valence-corrected chi connectivity index (χ3v) is 2.83. The number of methoxy groups -OCH3 is 1. The largest absolute Gasteiger partial charge is 0.497 e. The molecule has 0 saturated carbocycles. The van der Waals surface area contributed by atoms with Gasteiger partial charge in [-0.05, 0) is 24.7 Å². The van der Waals surface area contributed by atoms with Crippen LogP contribution in [0.3, 0.4) is 0 Å². The minimum Gasteiger partial charge on any atom is -0.497 e. The Balaban J connectivity index is 3.01. The summed E-state index contributed by atoms with van der Waals surface area (Å²) in [6.07, 6.45) is 0.481.